The van der Waals surface area contributed by atoms with Crippen molar-refractivity contribution in [1.82, 2.24) is 25.0 Å². The number of hydrogen-bond acceptors (Lipinski definition) is 6. The van der Waals surface area contributed by atoms with E-state index < -0.39 is 11.2 Å². The standard InChI is InChI=1S/C15H14FN5O2S/c1-2-11(15(22)23)24-14-12-13(17-8-18-14)21(20-19-12)7-9-5-3-4-6-10(9)16/h3-6,8,11H,2,7H2,1H3,(H,22,23)/t11-/m1/s1. The number of aromatic nitrogens is 5. The number of hydrogen-bond donors (Lipinski definition) is 1. The first-order chi connectivity index (χ1) is 11.6. The van der Waals surface area contributed by atoms with Gasteiger partial charge < -0.3 is 5.11 Å². The van der Waals surface area contributed by atoms with Gasteiger partial charge in [0.05, 0.1) is 6.54 Å². The van der Waals surface area contributed by atoms with Crippen LogP contribution in [-0.2, 0) is 11.3 Å². The summed E-state index contributed by atoms with van der Waals surface area (Å²) in [7, 11) is 0. The number of benzene rings is 1. The molecule has 0 saturated carbocycles. The molecular formula is C15H14FN5O2S. The van der Waals surface area contributed by atoms with Gasteiger partial charge >= 0.3 is 5.97 Å². The van der Waals surface area contributed by atoms with Crippen LogP contribution in [0.4, 0.5) is 4.39 Å². The molecule has 0 aliphatic carbocycles. The molecule has 0 aliphatic heterocycles. The van der Waals surface area contributed by atoms with E-state index >= 15 is 0 Å². The van der Waals surface area contributed by atoms with E-state index in [9.17, 15) is 14.3 Å². The van der Waals surface area contributed by atoms with Gasteiger partial charge in [0.25, 0.3) is 0 Å². The van der Waals surface area contributed by atoms with E-state index in [1.807, 2.05) is 0 Å². The Hall–Kier alpha value is -2.55. The largest absolute Gasteiger partial charge is 0.480 e. The number of rotatable bonds is 6. The molecule has 1 atom stereocenters. The van der Waals surface area contributed by atoms with Gasteiger partial charge in [-0.3, -0.25) is 4.79 Å². The minimum absolute atomic E-state index is 0.181. The molecule has 2 heterocycles. The van der Waals surface area contributed by atoms with E-state index in [2.05, 4.69) is 20.3 Å². The molecule has 3 aromatic rings. The fourth-order valence-electron chi connectivity index (χ4n) is 2.20. The zero-order valence-electron chi connectivity index (χ0n) is 12.8. The van der Waals surface area contributed by atoms with Crippen molar-refractivity contribution in [3.8, 4) is 0 Å². The maximum atomic E-state index is 13.8. The lowest BCUT2D eigenvalue weighted by atomic mass is 10.2. The first-order valence-corrected chi connectivity index (χ1v) is 8.15. The van der Waals surface area contributed by atoms with E-state index in [0.29, 0.717) is 28.2 Å². The SMILES string of the molecule is CC[C@@H](Sc1ncnc2c1nnn2Cc1ccccc1F)C(=O)O. The quantitative estimate of drug-likeness (QED) is 0.540. The van der Waals surface area contributed by atoms with Gasteiger partial charge in [-0.05, 0) is 12.5 Å². The highest BCUT2D eigenvalue weighted by atomic mass is 32.2. The number of carboxylic acids is 1. The average molecular weight is 347 g/mol. The summed E-state index contributed by atoms with van der Waals surface area (Å²) < 4.78 is 15.3. The third kappa shape index (κ3) is 3.21. The molecule has 0 unspecified atom stereocenters. The molecule has 1 N–H and O–H groups in total. The summed E-state index contributed by atoms with van der Waals surface area (Å²) in [5, 5.41) is 17.1. The second-order valence-corrected chi connectivity index (χ2v) is 6.23. The van der Waals surface area contributed by atoms with Crippen LogP contribution in [0.1, 0.15) is 18.9 Å². The van der Waals surface area contributed by atoms with Gasteiger partial charge in [-0.15, -0.1) is 5.10 Å². The van der Waals surface area contributed by atoms with Gasteiger partial charge in [-0.2, -0.15) is 0 Å². The van der Waals surface area contributed by atoms with E-state index in [1.165, 1.54) is 17.1 Å². The smallest absolute Gasteiger partial charge is 0.317 e. The van der Waals surface area contributed by atoms with Crippen LogP contribution in [0.2, 0.25) is 0 Å². The zero-order chi connectivity index (χ0) is 17.1. The maximum absolute atomic E-state index is 13.8. The van der Waals surface area contributed by atoms with Gasteiger partial charge in [-0.1, -0.05) is 42.1 Å². The Morgan fingerprint density at radius 1 is 1.38 bits per heavy atom. The summed E-state index contributed by atoms with van der Waals surface area (Å²) in [5.74, 6) is -1.24. The lowest BCUT2D eigenvalue weighted by molar-refractivity contribution is -0.136. The fourth-order valence-corrected chi connectivity index (χ4v) is 3.08. The van der Waals surface area contributed by atoms with Crippen LogP contribution in [0.3, 0.4) is 0 Å². The van der Waals surface area contributed by atoms with Crippen molar-refractivity contribution in [3.63, 3.8) is 0 Å². The summed E-state index contributed by atoms with van der Waals surface area (Å²) in [6.45, 7) is 1.97. The van der Waals surface area contributed by atoms with Crippen molar-refractivity contribution in [3.05, 3.63) is 42.0 Å². The van der Waals surface area contributed by atoms with Crippen LogP contribution in [-0.4, -0.2) is 41.3 Å². The van der Waals surface area contributed by atoms with Gasteiger partial charge in [0.1, 0.15) is 22.4 Å². The normalized spacial score (nSPS) is 12.4. The van der Waals surface area contributed by atoms with E-state index in [4.69, 9.17) is 0 Å². The Bertz CT molecular complexity index is 885. The maximum Gasteiger partial charge on any atom is 0.317 e. The molecule has 0 amide bonds. The fraction of sp³-hybridized carbons (Fsp3) is 0.267. The molecule has 1 aromatic carbocycles. The highest BCUT2D eigenvalue weighted by Gasteiger charge is 2.21. The van der Waals surface area contributed by atoms with Crippen LogP contribution in [0.25, 0.3) is 11.2 Å². The van der Waals surface area contributed by atoms with Crippen LogP contribution in [0.5, 0.6) is 0 Å². The second-order valence-electron chi connectivity index (χ2n) is 5.04. The highest BCUT2D eigenvalue weighted by Crippen LogP contribution is 2.28. The molecule has 0 spiro atoms. The lowest BCUT2D eigenvalue weighted by Crippen LogP contribution is -2.15. The van der Waals surface area contributed by atoms with E-state index in [1.54, 1.807) is 25.1 Å². The molecule has 124 valence electrons. The molecule has 0 aliphatic rings. The number of fused-ring (bicyclic) bond motifs is 1. The summed E-state index contributed by atoms with van der Waals surface area (Å²) in [5.41, 5.74) is 1.32. The van der Waals surface area contributed by atoms with Gasteiger partial charge in [-0.25, -0.2) is 19.0 Å². The minimum atomic E-state index is -0.909. The zero-order valence-corrected chi connectivity index (χ0v) is 13.6. The van der Waals surface area contributed by atoms with Crippen molar-refractivity contribution in [2.45, 2.75) is 30.2 Å². The Morgan fingerprint density at radius 3 is 2.88 bits per heavy atom. The summed E-state index contributed by atoms with van der Waals surface area (Å²) in [4.78, 5) is 19.5. The predicted molar refractivity (Wildman–Crippen MR) is 86.2 cm³/mol. The molecule has 9 heteroatoms. The Balaban J connectivity index is 1.94. The number of nitrogens with zero attached hydrogens (tertiary/aromatic N) is 5. The van der Waals surface area contributed by atoms with Crippen molar-refractivity contribution >= 4 is 28.9 Å². The monoisotopic (exact) mass is 347 g/mol. The average Bonchev–Trinajstić information content (AvgIpc) is 2.98. The van der Waals surface area contributed by atoms with E-state index in [-0.39, 0.29) is 12.4 Å². The predicted octanol–water partition coefficient (Wildman–Crippen LogP) is 2.36. The van der Waals surface area contributed by atoms with Crippen LogP contribution < -0.4 is 0 Å². The number of thioether (sulfide) groups is 1. The first-order valence-electron chi connectivity index (χ1n) is 7.27. The number of aliphatic carboxylic acids is 1. The molecule has 3 rings (SSSR count). The highest BCUT2D eigenvalue weighted by molar-refractivity contribution is 8.00. The lowest BCUT2D eigenvalue weighted by Gasteiger charge is -2.08. The third-order valence-corrected chi connectivity index (χ3v) is 4.79. The third-order valence-electron chi connectivity index (χ3n) is 3.44. The van der Waals surface area contributed by atoms with Crippen molar-refractivity contribution < 1.29 is 14.3 Å². The first kappa shape index (κ1) is 16.3. The molecular weight excluding hydrogens is 333 g/mol. The van der Waals surface area contributed by atoms with Gasteiger partial charge in [0.2, 0.25) is 0 Å². The molecule has 0 radical (unpaired) electrons. The van der Waals surface area contributed by atoms with Gasteiger partial charge in [0.15, 0.2) is 11.2 Å². The Morgan fingerprint density at radius 2 is 2.17 bits per heavy atom. The summed E-state index contributed by atoms with van der Waals surface area (Å²) in [6, 6.07) is 6.40. The van der Waals surface area contributed by atoms with Crippen molar-refractivity contribution in [2.75, 3.05) is 0 Å². The molecule has 0 bridgehead atoms. The summed E-state index contributed by atoms with van der Waals surface area (Å²) >= 11 is 1.11. The number of halogens is 1. The van der Waals surface area contributed by atoms with E-state index in [0.717, 1.165) is 11.8 Å². The molecule has 0 fully saturated rings. The van der Waals surface area contributed by atoms with Crippen molar-refractivity contribution in [1.29, 1.82) is 0 Å². The van der Waals surface area contributed by atoms with Crippen LogP contribution in [0.15, 0.2) is 35.6 Å². The Labute approximate surface area is 140 Å². The van der Waals surface area contributed by atoms with Crippen LogP contribution in [0, 0.1) is 5.82 Å². The Kier molecular flexibility index (Phi) is 4.70. The topological polar surface area (TPSA) is 93.8 Å². The molecule has 0 saturated heterocycles. The van der Waals surface area contributed by atoms with Gasteiger partial charge in [0, 0.05) is 5.56 Å². The number of carbonyl (C=O) groups is 1. The summed E-state index contributed by atoms with van der Waals surface area (Å²) in [6.07, 6.45) is 1.79. The number of carboxylic acid groups (broad SMARTS) is 1. The molecule has 7 nitrogen and oxygen atoms in total. The minimum Gasteiger partial charge on any atom is -0.480 e. The second kappa shape index (κ2) is 6.91. The van der Waals surface area contributed by atoms with Crippen LogP contribution >= 0.6 is 11.8 Å². The van der Waals surface area contributed by atoms with Crippen molar-refractivity contribution in [2.24, 2.45) is 0 Å². The molecule has 2 aromatic heterocycles. The molecule has 24 heavy (non-hydrogen) atoms.